The van der Waals surface area contributed by atoms with E-state index in [4.69, 9.17) is 5.11 Å². The van der Waals surface area contributed by atoms with Crippen LogP contribution in [0.4, 0.5) is 0 Å². The van der Waals surface area contributed by atoms with Crippen molar-refractivity contribution in [2.45, 2.75) is 31.7 Å². The lowest BCUT2D eigenvalue weighted by Crippen LogP contribution is -2.48. The summed E-state index contributed by atoms with van der Waals surface area (Å²) in [6.45, 7) is 1.18. The quantitative estimate of drug-likeness (QED) is 0.694. The number of rotatable bonds is 4. The standard InChI is InChI=1S/C10H18N2O3/c1-11-6-5-9(13)12-7-3-2-4-8(12)10(14)15/h8,11H,2-7H2,1H3,(H,14,15)/t8-/m0/s1. The van der Waals surface area contributed by atoms with E-state index in [1.54, 1.807) is 7.05 Å². The predicted octanol–water partition coefficient (Wildman–Crippen LogP) is 0.0616. The SMILES string of the molecule is CNCCC(=O)N1CCCC[C@H]1C(=O)O. The fourth-order valence-electron chi connectivity index (χ4n) is 1.86. The molecule has 1 fully saturated rings. The molecule has 1 aliphatic heterocycles. The molecule has 1 rings (SSSR count). The van der Waals surface area contributed by atoms with Crippen molar-refractivity contribution in [3.05, 3.63) is 0 Å². The smallest absolute Gasteiger partial charge is 0.326 e. The molecule has 0 unspecified atom stereocenters. The van der Waals surface area contributed by atoms with Crippen LogP contribution >= 0.6 is 0 Å². The summed E-state index contributed by atoms with van der Waals surface area (Å²) in [4.78, 5) is 24.1. The molecule has 0 aliphatic carbocycles. The Morgan fingerprint density at radius 3 is 2.80 bits per heavy atom. The second-order valence-electron chi connectivity index (χ2n) is 3.79. The fourth-order valence-corrected chi connectivity index (χ4v) is 1.86. The summed E-state index contributed by atoms with van der Waals surface area (Å²) in [5.74, 6) is -0.941. The van der Waals surface area contributed by atoms with Gasteiger partial charge in [-0.15, -0.1) is 0 Å². The van der Waals surface area contributed by atoms with E-state index >= 15 is 0 Å². The molecule has 0 spiro atoms. The Bertz CT molecular complexity index is 243. The highest BCUT2D eigenvalue weighted by Gasteiger charge is 2.31. The third-order valence-corrected chi connectivity index (χ3v) is 2.70. The summed E-state index contributed by atoms with van der Waals surface area (Å²) in [5, 5.41) is 11.9. The zero-order valence-electron chi connectivity index (χ0n) is 9.03. The molecule has 1 amide bonds. The third kappa shape index (κ3) is 3.20. The van der Waals surface area contributed by atoms with Gasteiger partial charge >= 0.3 is 5.97 Å². The molecule has 0 aromatic heterocycles. The maximum absolute atomic E-state index is 11.7. The van der Waals surface area contributed by atoms with Gasteiger partial charge in [0.25, 0.3) is 0 Å². The largest absolute Gasteiger partial charge is 0.480 e. The number of hydrogen-bond donors (Lipinski definition) is 2. The molecule has 1 heterocycles. The minimum atomic E-state index is -0.882. The minimum absolute atomic E-state index is 0.0588. The van der Waals surface area contributed by atoms with Gasteiger partial charge in [0.15, 0.2) is 0 Å². The maximum Gasteiger partial charge on any atom is 0.326 e. The van der Waals surface area contributed by atoms with Gasteiger partial charge in [0.1, 0.15) is 6.04 Å². The lowest BCUT2D eigenvalue weighted by Gasteiger charge is -2.33. The van der Waals surface area contributed by atoms with Gasteiger partial charge < -0.3 is 15.3 Å². The Labute approximate surface area is 89.4 Å². The summed E-state index contributed by atoms with van der Waals surface area (Å²) in [6, 6.07) is -0.608. The molecule has 5 nitrogen and oxygen atoms in total. The first-order valence-corrected chi connectivity index (χ1v) is 5.33. The molecule has 1 atom stereocenters. The van der Waals surface area contributed by atoms with E-state index in [0.717, 1.165) is 12.8 Å². The monoisotopic (exact) mass is 214 g/mol. The molecule has 0 aromatic rings. The van der Waals surface area contributed by atoms with Crippen molar-refractivity contribution >= 4 is 11.9 Å². The molecule has 0 radical (unpaired) electrons. The van der Waals surface area contributed by atoms with Crippen molar-refractivity contribution in [3.8, 4) is 0 Å². The second-order valence-corrected chi connectivity index (χ2v) is 3.79. The van der Waals surface area contributed by atoms with E-state index in [9.17, 15) is 9.59 Å². The summed E-state index contributed by atoms with van der Waals surface area (Å²) in [5.41, 5.74) is 0. The van der Waals surface area contributed by atoms with E-state index in [0.29, 0.717) is 25.9 Å². The minimum Gasteiger partial charge on any atom is -0.480 e. The van der Waals surface area contributed by atoms with E-state index in [1.807, 2.05) is 0 Å². The second kappa shape index (κ2) is 5.70. The molecule has 5 heteroatoms. The van der Waals surface area contributed by atoms with Crippen LogP contribution < -0.4 is 5.32 Å². The summed E-state index contributed by atoms with van der Waals surface area (Å²) < 4.78 is 0. The van der Waals surface area contributed by atoms with E-state index in [2.05, 4.69) is 5.32 Å². The van der Waals surface area contributed by atoms with E-state index < -0.39 is 12.0 Å². The molecule has 86 valence electrons. The first kappa shape index (κ1) is 12.0. The van der Waals surface area contributed by atoms with Crippen molar-refractivity contribution in [1.29, 1.82) is 0 Å². The topological polar surface area (TPSA) is 69.6 Å². The molecule has 1 aliphatic rings. The lowest BCUT2D eigenvalue weighted by molar-refractivity contribution is -0.152. The molecule has 2 N–H and O–H groups in total. The Kier molecular flexibility index (Phi) is 4.55. The lowest BCUT2D eigenvalue weighted by atomic mass is 10.0. The fraction of sp³-hybridized carbons (Fsp3) is 0.800. The van der Waals surface area contributed by atoms with Crippen LogP contribution in [0.25, 0.3) is 0 Å². The highest BCUT2D eigenvalue weighted by atomic mass is 16.4. The summed E-state index contributed by atoms with van der Waals surface area (Å²) >= 11 is 0. The number of nitrogens with one attached hydrogen (secondary N) is 1. The molecule has 0 bridgehead atoms. The van der Waals surface area contributed by atoms with Crippen LogP contribution in [0, 0.1) is 0 Å². The average molecular weight is 214 g/mol. The van der Waals surface area contributed by atoms with Gasteiger partial charge in [-0.25, -0.2) is 4.79 Å². The highest BCUT2D eigenvalue weighted by molar-refractivity contribution is 5.83. The van der Waals surface area contributed by atoms with Gasteiger partial charge in [-0.05, 0) is 26.3 Å². The number of carboxylic acid groups (broad SMARTS) is 1. The predicted molar refractivity (Wildman–Crippen MR) is 55.5 cm³/mol. The number of nitrogens with zero attached hydrogens (tertiary/aromatic N) is 1. The van der Waals surface area contributed by atoms with Crippen LogP contribution in [0.15, 0.2) is 0 Å². The van der Waals surface area contributed by atoms with Crippen LogP contribution in [0.2, 0.25) is 0 Å². The van der Waals surface area contributed by atoms with Crippen molar-refractivity contribution in [3.63, 3.8) is 0 Å². The Morgan fingerprint density at radius 1 is 1.47 bits per heavy atom. The van der Waals surface area contributed by atoms with Gasteiger partial charge in [0, 0.05) is 19.5 Å². The number of piperidine rings is 1. The Hall–Kier alpha value is -1.10. The van der Waals surface area contributed by atoms with Crippen LogP contribution in [-0.4, -0.2) is 48.1 Å². The molecule has 1 saturated heterocycles. The average Bonchev–Trinajstić information content (AvgIpc) is 2.25. The van der Waals surface area contributed by atoms with Gasteiger partial charge in [-0.1, -0.05) is 0 Å². The first-order chi connectivity index (χ1) is 7.16. The van der Waals surface area contributed by atoms with Crippen molar-refractivity contribution in [1.82, 2.24) is 10.2 Å². The zero-order chi connectivity index (χ0) is 11.3. The number of carboxylic acids is 1. The molecule has 15 heavy (non-hydrogen) atoms. The summed E-state index contributed by atoms with van der Waals surface area (Å²) in [7, 11) is 1.78. The highest BCUT2D eigenvalue weighted by Crippen LogP contribution is 2.17. The Morgan fingerprint density at radius 2 is 2.20 bits per heavy atom. The number of carbonyl (C=O) groups excluding carboxylic acids is 1. The van der Waals surface area contributed by atoms with Crippen molar-refractivity contribution < 1.29 is 14.7 Å². The van der Waals surface area contributed by atoms with E-state index in [-0.39, 0.29) is 5.91 Å². The van der Waals surface area contributed by atoms with Crippen LogP contribution in [0.5, 0.6) is 0 Å². The van der Waals surface area contributed by atoms with Gasteiger partial charge in [0.2, 0.25) is 5.91 Å². The van der Waals surface area contributed by atoms with Crippen molar-refractivity contribution in [2.24, 2.45) is 0 Å². The number of amides is 1. The maximum atomic E-state index is 11.7. The molecule has 0 saturated carbocycles. The van der Waals surface area contributed by atoms with Gasteiger partial charge in [-0.3, -0.25) is 4.79 Å². The van der Waals surface area contributed by atoms with Gasteiger partial charge in [0.05, 0.1) is 0 Å². The normalized spacial score (nSPS) is 21.4. The third-order valence-electron chi connectivity index (χ3n) is 2.70. The van der Waals surface area contributed by atoms with Crippen LogP contribution in [-0.2, 0) is 9.59 Å². The number of hydrogen-bond acceptors (Lipinski definition) is 3. The van der Waals surface area contributed by atoms with Crippen LogP contribution in [0.3, 0.4) is 0 Å². The Balaban J connectivity index is 2.55. The van der Waals surface area contributed by atoms with Crippen molar-refractivity contribution in [2.75, 3.05) is 20.1 Å². The zero-order valence-corrected chi connectivity index (χ0v) is 9.03. The molecular formula is C10H18N2O3. The molecular weight excluding hydrogens is 196 g/mol. The van der Waals surface area contributed by atoms with Crippen LogP contribution in [0.1, 0.15) is 25.7 Å². The van der Waals surface area contributed by atoms with E-state index in [1.165, 1.54) is 4.90 Å². The molecule has 0 aromatic carbocycles. The number of likely N-dealkylation sites (tertiary alicyclic amines) is 1. The first-order valence-electron chi connectivity index (χ1n) is 5.33. The summed E-state index contributed by atoms with van der Waals surface area (Å²) in [6.07, 6.45) is 2.77. The number of aliphatic carboxylic acids is 1. The number of carbonyl (C=O) groups is 2. The van der Waals surface area contributed by atoms with Gasteiger partial charge in [-0.2, -0.15) is 0 Å².